The Morgan fingerprint density at radius 2 is 1.57 bits per heavy atom. The van der Waals surface area contributed by atoms with Crippen molar-refractivity contribution in [3.05, 3.63) is 63.1 Å². The van der Waals surface area contributed by atoms with Crippen molar-refractivity contribution in [3.8, 4) is 0 Å². The molecule has 1 aliphatic heterocycles. The lowest BCUT2D eigenvalue weighted by Gasteiger charge is -2.50. The SMILES string of the molecule is NCCC(=O)N[C@H](Cc1ccc(Cl)cc1Cl)C(=O)N1CCN(C2(CNC(=O)Nc3ccc(Cl)cc3)CCCCC2)CC1. The fourth-order valence-corrected chi connectivity index (χ4v) is 6.51. The Bertz CT molecular complexity index is 1230. The molecule has 1 aliphatic carbocycles. The van der Waals surface area contributed by atoms with Crippen molar-refractivity contribution in [2.24, 2.45) is 5.73 Å². The van der Waals surface area contributed by atoms with E-state index in [1.54, 1.807) is 42.5 Å². The van der Waals surface area contributed by atoms with E-state index in [4.69, 9.17) is 40.5 Å². The molecule has 12 heteroatoms. The van der Waals surface area contributed by atoms with Crippen LogP contribution >= 0.6 is 34.8 Å². The molecule has 2 aromatic rings. The number of nitrogens with one attached hydrogen (secondary N) is 3. The van der Waals surface area contributed by atoms with E-state index in [0.717, 1.165) is 31.2 Å². The number of carbonyl (C=O) groups is 3. The summed E-state index contributed by atoms with van der Waals surface area (Å²) in [7, 11) is 0. The third kappa shape index (κ3) is 8.74. The highest BCUT2D eigenvalue weighted by molar-refractivity contribution is 6.35. The van der Waals surface area contributed by atoms with E-state index >= 15 is 0 Å². The van der Waals surface area contributed by atoms with Crippen molar-refractivity contribution < 1.29 is 14.4 Å². The van der Waals surface area contributed by atoms with Crippen LogP contribution in [-0.4, -0.2) is 78.5 Å². The number of hydrogen-bond donors (Lipinski definition) is 4. The first-order valence-electron chi connectivity index (χ1n) is 14.5. The minimum Gasteiger partial charge on any atom is -0.344 e. The van der Waals surface area contributed by atoms with Crippen molar-refractivity contribution in [3.63, 3.8) is 0 Å². The Morgan fingerprint density at radius 3 is 2.21 bits per heavy atom. The summed E-state index contributed by atoms with van der Waals surface area (Å²) in [5.74, 6) is -0.423. The van der Waals surface area contributed by atoms with Gasteiger partial charge in [0.15, 0.2) is 0 Å². The molecule has 2 aromatic carbocycles. The van der Waals surface area contributed by atoms with Gasteiger partial charge in [0.2, 0.25) is 11.8 Å². The molecule has 4 rings (SSSR count). The lowest BCUT2D eigenvalue weighted by Crippen LogP contribution is -2.63. The maximum absolute atomic E-state index is 13.7. The number of nitrogens with zero attached hydrogens (tertiary/aromatic N) is 2. The highest BCUT2D eigenvalue weighted by Crippen LogP contribution is 2.34. The van der Waals surface area contributed by atoms with Crippen LogP contribution in [0.15, 0.2) is 42.5 Å². The fraction of sp³-hybridized carbons (Fsp3) is 0.500. The third-order valence-corrected chi connectivity index (χ3v) is 9.01. The molecule has 1 heterocycles. The molecule has 2 aliphatic rings. The second-order valence-corrected chi connectivity index (χ2v) is 12.3. The zero-order valence-electron chi connectivity index (χ0n) is 23.6. The number of nitrogens with two attached hydrogens (primary N) is 1. The summed E-state index contributed by atoms with van der Waals surface area (Å²) < 4.78 is 0. The Morgan fingerprint density at radius 1 is 0.905 bits per heavy atom. The largest absolute Gasteiger partial charge is 0.344 e. The predicted molar refractivity (Wildman–Crippen MR) is 168 cm³/mol. The van der Waals surface area contributed by atoms with Gasteiger partial charge in [0.05, 0.1) is 0 Å². The topological polar surface area (TPSA) is 120 Å². The highest BCUT2D eigenvalue weighted by atomic mass is 35.5. The molecule has 5 N–H and O–H groups in total. The minimum absolute atomic E-state index is 0.132. The van der Waals surface area contributed by atoms with Gasteiger partial charge in [0.25, 0.3) is 0 Å². The third-order valence-electron chi connectivity index (χ3n) is 8.17. The van der Waals surface area contributed by atoms with E-state index in [9.17, 15) is 14.4 Å². The summed E-state index contributed by atoms with van der Waals surface area (Å²) in [5.41, 5.74) is 6.81. The summed E-state index contributed by atoms with van der Waals surface area (Å²) in [4.78, 5) is 43.1. The van der Waals surface area contributed by atoms with Crippen molar-refractivity contribution in [2.45, 2.75) is 56.5 Å². The van der Waals surface area contributed by atoms with E-state index in [1.165, 1.54) is 6.42 Å². The number of hydrogen-bond acceptors (Lipinski definition) is 5. The molecule has 2 fully saturated rings. The predicted octanol–water partition coefficient (Wildman–Crippen LogP) is 4.69. The van der Waals surface area contributed by atoms with Crippen molar-refractivity contribution in [1.82, 2.24) is 20.4 Å². The average Bonchev–Trinajstić information content (AvgIpc) is 2.98. The summed E-state index contributed by atoms with van der Waals surface area (Å²) in [6.07, 6.45) is 5.71. The van der Waals surface area contributed by atoms with Crippen LogP contribution in [0.2, 0.25) is 15.1 Å². The molecule has 228 valence electrons. The summed E-state index contributed by atoms with van der Waals surface area (Å²) in [6.45, 7) is 3.12. The number of anilines is 1. The molecule has 0 aromatic heterocycles. The molecular weight excluding hydrogens is 599 g/mol. The maximum Gasteiger partial charge on any atom is 0.319 e. The van der Waals surface area contributed by atoms with Crippen molar-refractivity contribution in [1.29, 1.82) is 0 Å². The molecule has 1 saturated carbocycles. The van der Waals surface area contributed by atoms with Gasteiger partial charge in [-0.3, -0.25) is 14.5 Å². The zero-order chi connectivity index (χ0) is 30.1. The smallest absolute Gasteiger partial charge is 0.319 e. The first-order valence-corrected chi connectivity index (χ1v) is 15.6. The van der Waals surface area contributed by atoms with Crippen LogP contribution in [0.25, 0.3) is 0 Å². The normalized spacial score (nSPS) is 17.8. The molecule has 0 radical (unpaired) electrons. The van der Waals surface area contributed by atoms with Gasteiger partial charge < -0.3 is 26.6 Å². The number of carbonyl (C=O) groups excluding carboxylic acids is 3. The van der Waals surface area contributed by atoms with Crippen molar-refractivity contribution >= 4 is 58.3 Å². The highest BCUT2D eigenvalue weighted by Gasteiger charge is 2.40. The number of rotatable bonds is 10. The molecule has 42 heavy (non-hydrogen) atoms. The molecule has 0 spiro atoms. The molecule has 4 amide bonds. The first-order chi connectivity index (χ1) is 20.2. The standard InChI is InChI=1S/C30H39Cl3N6O3/c31-22-6-8-24(9-7-22)36-29(42)35-20-30(11-2-1-3-12-30)39-16-14-38(15-17-39)28(41)26(37-27(40)10-13-34)18-21-4-5-23(32)19-25(21)33/h4-9,19,26H,1-3,10-18,20,34H2,(H,37,40)(H2,35,36,42)/t26-/m1/s1. The minimum atomic E-state index is -0.767. The van der Waals surface area contributed by atoms with E-state index in [1.807, 2.05) is 4.90 Å². The van der Waals surface area contributed by atoms with E-state index in [0.29, 0.717) is 53.5 Å². The van der Waals surface area contributed by atoms with Gasteiger partial charge >= 0.3 is 6.03 Å². The second-order valence-electron chi connectivity index (χ2n) is 11.0. The fourth-order valence-electron chi connectivity index (χ4n) is 5.89. The molecule has 1 atom stereocenters. The number of benzene rings is 2. The van der Waals surface area contributed by atoms with Gasteiger partial charge in [-0.2, -0.15) is 0 Å². The van der Waals surface area contributed by atoms with Gasteiger partial charge in [0, 0.05) is 78.4 Å². The lowest BCUT2D eigenvalue weighted by atomic mass is 9.79. The Kier molecular flexibility index (Phi) is 11.7. The van der Waals surface area contributed by atoms with E-state index in [-0.39, 0.29) is 42.8 Å². The number of urea groups is 1. The van der Waals surface area contributed by atoms with Crippen LogP contribution in [0.4, 0.5) is 10.5 Å². The van der Waals surface area contributed by atoms with Crippen LogP contribution in [-0.2, 0) is 16.0 Å². The molecule has 9 nitrogen and oxygen atoms in total. The van der Waals surface area contributed by atoms with Gasteiger partial charge in [0.1, 0.15) is 6.04 Å². The van der Waals surface area contributed by atoms with Crippen LogP contribution in [0.5, 0.6) is 0 Å². The Balaban J connectivity index is 1.39. The molecular formula is C30H39Cl3N6O3. The quantitative estimate of drug-likeness (QED) is 0.301. The Hall–Kier alpha value is -2.56. The van der Waals surface area contributed by atoms with Gasteiger partial charge in [-0.05, 0) is 54.8 Å². The lowest BCUT2D eigenvalue weighted by molar-refractivity contribution is -0.139. The van der Waals surface area contributed by atoms with Crippen LogP contribution in [0.1, 0.15) is 44.1 Å². The molecule has 0 unspecified atom stereocenters. The summed E-state index contributed by atoms with van der Waals surface area (Å²) >= 11 is 18.4. The van der Waals surface area contributed by atoms with Crippen LogP contribution in [0.3, 0.4) is 0 Å². The Labute approximate surface area is 262 Å². The van der Waals surface area contributed by atoms with Crippen LogP contribution < -0.4 is 21.7 Å². The van der Waals surface area contributed by atoms with Crippen LogP contribution in [0, 0.1) is 0 Å². The van der Waals surface area contributed by atoms with E-state index in [2.05, 4.69) is 20.9 Å². The summed E-state index contributed by atoms with van der Waals surface area (Å²) in [5, 5.41) is 10.4. The zero-order valence-corrected chi connectivity index (χ0v) is 25.9. The summed E-state index contributed by atoms with van der Waals surface area (Å²) in [6, 6.07) is 11.1. The first kappa shape index (κ1) is 32.4. The van der Waals surface area contributed by atoms with Crippen molar-refractivity contribution in [2.75, 3.05) is 44.6 Å². The van der Waals surface area contributed by atoms with E-state index < -0.39 is 6.04 Å². The van der Waals surface area contributed by atoms with Gasteiger partial charge in [-0.15, -0.1) is 0 Å². The average molecular weight is 638 g/mol. The molecule has 1 saturated heterocycles. The monoisotopic (exact) mass is 636 g/mol. The number of halogens is 3. The second kappa shape index (κ2) is 15.3. The van der Waals surface area contributed by atoms with Gasteiger partial charge in [-0.1, -0.05) is 60.1 Å². The number of piperazine rings is 1. The molecule has 0 bridgehead atoms. The number of amides is 4. The van der Waals surface area contributed by atoms with Gasteiger partial charge in [-0.25, -0.2) is 4.79 Å². The maximum atomic E-state index is 13.7.